The third-order valence-electron chi connectivity index (χ3n) is 3.65. The molecule has 0 saturated heterocycles. The van der Waals surface area contributed by atoms with Crippen LogP contribution in [-0.4, -0.2) is 36.7 Å². The first-order valence-electron chi connectivity index (χ1n) is 6.10. The summed E-state index contributed by atoms with van der Waals surface area (Å²) in [5.41, 5.74) is -0.296. The fourth-order valence-corrected chi connectivity index (χ4v) is 2.39. The first-order chi connectivity index (χ1) is 8.05. The van der Waals surface area contributed by atoms with Gasteiger partial charge in [-0.25, -0.2) is 4.79 Å². The molecule has 0 bridgehead atoms. The van der Waals surface area contributed by atoms with Crippen molar-refractivity contribution in [3.05, 3.63) is 0 Å². The van der Waals surface area contributed by atoms with E-state index >= 15 is 0 Å². The summed E-state index contributed by atoms with van der Waals surface area (Å²) in [6.07, 6.45) is 3.45. The number of nitrogens with one attached hydrogen (secondary N) is 1. The van der Waals surface area contributed by atoms with Crippen LogP contribution in [0.1, 0.15) is 39.0 Å². The van der Waals surface area contributed by atoms with Gasteiger partial charge in [0, 0.05) is 5.41 Å². The average molecular weight is 243 g/mol. The Morgan fingerprint density at radius 1 is 1.41 bits per heavy atom. The molecule has 98 valence electrons. The lowest BCUT2D eigenvalue weighted by Crippen LogP contribution is -2.44. The molecule has 0 aromatic carbocycles. The summed E-state index contributed by atoms with van der Waals surface area (Å²) in [6.45, 7) is 1.93. The second-order valence-corrected chi connectivity index (χ2v) is 4.59. The van der Waals surface area contributed by atoms with Crippen LogP contribution in [0.3, 0.4) is 0 Å². The number of esters is 1. The molecule has 5 nitrogen and oxygen atoms in total. The monoisotopic (exact) mass is 243 g/mol. The second kappa shape index (κ2) is 6.00. The number of amides is 1. The van der Waals surface area contributed by atoms with Crippen LogP contribution in [0.15, 0.2) is 0 Å². The van der Waals surface area contributed by atoms with Crippen molar-refractivity contribution in [2.75, 3.05) is 13.7 Å². The van der Waals surface area contributed by atoms with Crippen LogP contribution in [0, 0.1) is 5.41 Å². The van der Waals surface area contributed by atoms with Crippen LogP contribution in [-0.2, 0) is 14.3 Å². The van der Waals surface area contributed by atoms with Gasteiger partial charge in [0.15, 0.2) is 6.10 Å². The van der Waals surface area contributed by atoms with E-state index in [-0.39, 0.29) is 17.9 Å². The van der Waals surface area contributed by atoms with Gasteiger partial charge in [0.05, 0.1) is 13.7 Å². The van der Waals surface area contributed by atoms with Crippen LogP contribution in [0.25, 0.3) is 0 Å². The van der Waals surface area contributed by atoms with Gasteiger partial charge in [-0.05, 0) is 19.3 Å². The van der Waals surface area contributed by atoms with Crippen molar-refractivity contribution in [1.82, 2.24) is 5.32 Å². The molecule has 0 radical (unpaired) electrons. The second-order valence-electron chi connectivity index (χ2n) is 4.59. The number of methoxy groups -OCH3 is 1. The van der Waals surface area contributed by atoms with Crippen molar-refractivity contribution in [1.29, 1.82) is 0 Å². The summed E-state index contributed by atoms with van der Waals surface area (Å²) in [5, 5.41) is 12.0. The summed E-state index contributed by atoms with van der Waals surface area (Å²) in [6, 6.07) is 0. The maximum absolute atomic E-state index is 12.0. The van der Waals surface area contributed by atoms with Crippen LogP contribution < -0.4 is 5.32 Å². The summed E-state index contributed by atoms with van der Waals surface area (Å²) in [5.74, 6) is -0.775. The predicted molar refractivity (Wildman–Crippen MR) is 62.2 cm³/mol. The lowest BCUT2D eigenvalue weighted by molar-refractivity contribution is -0.150. The van der Waals surface area contributed by atoms with E-state index in [2.05, 4.69) is 10.1 Å². The van der Waals surface area contributed by atoms with Crippen molar-refractivity contribution < 1.29 is 19.4 Å². The molecule has 5 heteroatoms. The zero-order valence-corrected chi connectivity index (χ0v) is 10.5. The normalized spacial score (nSPS) is 19.7. The van der Waals surface area contributed by atoms with Gasteiger partial charge in [-0.2, -0.15) is 0 Å². The summed E-state index contributed by atoms with van der Waals surface area (Å²) >= 11 is 0. The molecule has 0 aromatic rings. The molecule has 0 heterocycles. The van der Waals surface area contributed by atoms with E-state index in [4.69, 9.17) is 0 Å². The van der Waals surface area contributed by atoms with E-state index in [1.165, 1.54) is 7.11 Å². The average Bonchev–Trinajstić information content (AvgIpc) is 2.84. The lowest BCUT2D eigenvalue weighted by Gasteiger charge is -2.26. The highest BCUT2D eigenvalue weighted by molar-refractivity contribution is 5.83. The number of carbonyl (C=O) groups is 2. The van der Waals surface area contributed by atoms with E-state index in [0.29, 0.717) is 0 Å². The topological polar surface area (TPSA) is 75.6 Å². The van der Waals surface area contributed by atoms with Gasteiger partial charge in [-0.1, -0.05) is 19.8 Å². The number of rotatable bonds is 5. The van der Waals surface area contributed by atoms with Gasteiger partial charge in [0.1, 0.15) is 0 Å². The minimum atomic E-state index is -1.28. The van der Waals surface area contributed by atoms with Crippen molar-refractivity contribution in [3.8, 4) is 0 Å². The first-order valence-corrected chi connectivity index (χ1v) is 6.10. The quantitative estimate of drug-likeness (QED) is 0.694. The van der Waals surface area contributed by atoms with E-state index < -0.39 is 12.1 Å². The molecule has 1 atom stereocenters. The van der Waals surface area contributed by atoms with E-state index in [1.807, 2.05) is 6.92 Å². The van der Waals surface area contributed by atoms with E-state index in [1.54, 1.807) is 0 Å². The largest absolute Gasteiger partial charge is 0.467 e. The molecule has 17 heavy (non-hydrogen) atoms. The fraction of sp³-hybridized carbons (Fsp3) is 0.833. The Labute approximate surface area is 102 Å². The number of hydrogen-bond acceptors (Lipinski definition) is 4. The number of hydrogen-bond donors (Lipinski definition) is 2. The maximum Gasteiger partial charge on any atom is 0.336 e. The SMILES string of the molecule is CCC1(C(=O)NCC(O)C(=O)OC)CCCC1. The maximum atomic E-state index is 12.0. The van der Waals surface area contributed by atoms with Gasteiger partial charge in [0.2, 0.25) is 5.91 Å². The smallest absolute Gasteiger partial charge is 0.336 e. The van der Waals surface area contributed by atoms with Gasteiger partial charge in [-0.3, -0.25) is 4.79 Å². The number of aliphatic hydroxyl groups is 1. The lowest BCUT2D eigenvalue weighted by atomic mass is 9.82. The van der Waals surface area contributed by atoms with Gasteiger partial charge >= 0.3 is 5.97 Å². The molecule has 0 aromatic heterocycles. The Morgan fingerprint density at radius 3 is 2.47 bits per heavy atom. The number of carbonyl (C=O) groups excluding carboxylic acids is 2. The van der Waals surface area contributed by atoms with E-state index in [0.717, 1.165) is 32.1 Å². The molecule has 1 unspecified atom stereocenters. The zero-order chi connectivity index (χ0) is 12.9. The fourth-order valence-electron chi connectivity index (χ4n) is 2.39. The van der Waals surface area contributed by atoms with Gasteiger partial charge in [-0.15, -0.1) is 0 Å². The molecule has 2 N–H and O–H groups in total. The van der Waals surface area contributed by atoms with Crippen LogP contribution in [0.5, 0.6) is 0 Å². The Morgan fingerprint density at radius 2 is 2.00 bits per heavy atom. The molecule has 1 fully saturated rings. The summed E-state index contributed by atoms with van der Waals surface area (Å²) in [4.78, 5) is 23.0. The number of ether oxygens (including phenoxy) is 1. The van der Waals surface area contributed by atoms with Crippen LogP contribution in [0.4, 0.5) is 0 Å². The zero-order valence-electron chi connectivity index (χ0n) is 10.5. The highest BCUT2D eigenvalue weighted by atomic mass is 16.5. The molecule has 0 spiro atoms. The minimum Gasteiger partial charge on any atom is -0.467 e. The third-order valence-corrected chi connectivity index (χ3v) is 3.65. The Hall–Kier alpha value is -1.10. The highest BCUT2D eigenvalue weighted by Crippen LogP contribution is 2.40. The van der Waals surface area contributed by atoms with Crippen molar-refractivity contribution in [2.24, 2.45) is 5.41 Å². The van der Waals surface area contributed by atoms with Crippen molar-refractivity contribution >= 4 is 11.9 Å². The van der Waals surface area contributed by atoms with E-state index in [9.17, 15) is 14.7 Å². The third kappa shape index (κ3) is 3.19. The minimum absolute atomic E-state index is 0.0551. The predicted octanol–water partition coefficient (Wildman–Crippen LogP) is 0.607. The van der Waals surface area contributed by atoms with Crippen LogP contribution >= 0.6 is 0 Å². The molecule has 1 amide bonds. The molecule has 1 rings (SSSR count). The molecule has 1 saturated carbocycles. The summed E-state index contributed by atoms with van der Waals surface area (Å²) in [7, 11) is 1.21. The Balaban J connectivity index is 2.46. The van der Waals surface area contributed by atoms with Crippen molar-refractivity contribution in [3.63, 3.8) is 0 Å². The highest BCUT2D eigenvalue weighted by Gasteiger charge is 2.39. The van der Waals surface area contributed by atoms with Crippen LogP contribution in [0.2, 0.25) is 0 Å². The summed E-state index contributed by atoms with van der Waals surface area (Å²) < 4.78 is 4.38. The molecular weight excluding hydrogens is 222 g/mol. The first kappa shape index (κ1) is 14.0. The molecular formula is C12H21NO4. The molecule has 0 aliphatic heterocycles. The van der Waals surface area contributed by atoms with Crippen molar-refractivity contribution in [2.45, 2.75) is 45.1 Å². The molecule has 1 aliphatic carbocycles. The van der Waals surface area contributed by atoms with Gasteiger partial charge < -0.3 is 15.2 Å². The Kier molecular flexibility index (Phi) is 4.93. The standard InChI is InChI=1S/C12H21NO4/c1-3-12(6-4-5-7-12)11(16)13-8-9(14)10(15)17-2/h9,14H,3-8H2,1-2H3,(H,13,16). The number of aliphatic hydroxyl groups excluding tert-OH is 1. The van der Waals surface area contributed by atoms with Gasteiger partial charge in [0.25, 0.3) is 0 Å². The molecule has 1 aliphatic rings. The Bertz CT molecular complexity index is 284.